The second kappa shape index (κ2) is 9.97. The van der Waals surface area contributed by atoms with E-state index in [0.29, 0.717) is 0 Å². The van der Waals surface area contributed by atoms with Crippen molar-refractivity contribution >= 4 is 36.4 Å². The molecular weight excluding hydrogens is 349 g/mol. The normalized spacial score (nSPS) is 20.6. The molecular formula is C17H27Cl2N3O2. The molecule has 1 atom stereocenters. The SMILES string of the molecule is COc1ccccc1N1CCN(C(=O)C2CCCCN2)CC1.Cl.Cl. The highest BCUT2D eigenvalue weighted by Crippen LogP contribution is 2.28. The van der Waals surface area contributed by atoms with Gasteiger partial charge in [-0.15, -0.1) is 24.8 Å². The van der Waals surface area contributed by atoms with Crippen molar-refractivity contribution in [3.8, 4) is 5.75 Å². The molecule has 2 saturated heterocycles. The minimum absolute atomic E-state index is 0. The third-order valence-corrected chi connectivity index (χ3v) is 4.63. The summed E-state index contributed by atoms with van der Waals surface area (Å²) in [6.45, 7) is 4.26. The van der Waals surface area contributed by atoms with Gasteiger partial charge in [0.15, 0.2) is 0 Å². The number of hydrogen-bond acceptors (Lipinski definition) is 4. The van der Waals surface area contributed by atoms with E-state index >= 15 is 0 Å². The Balaban J connectivity index is 0.00000144. The van der Waals surface area contributed by atoms with Crippen molar-refractivity contribution in [1.82, 2.24) is 10.2 Å². The van der Waals surface area contributed by atoms with Gasteiger partial charge in [-0.25, -0.2) is 0 Å². The predicted octanol–water partition coefficient (Wildman–Crippen LogP) is 2.33. The zero-order valence-electron chi connectivity index (χ0n) is 14.1. The van der Waals surface area contributed by atoms with E-state index in [1.54, 1.807) is 7.11 Å². The van der Waals surface area contributed by atoms with Gasteiger partial charge in [0.05, 0.1) is 18.8 Å². The summed E-state index contributed by atoms with van der Waals surface area (Å²) in [5, 5.41) is 3.35. The van der Waals surface area contributed by atoms with Gasteiger partial charge in [-0.1, -0.05) is 18.6 Å². The Bertz CT molecular complexity index is 516. The van der Waals surface area contributed by atoms with Crippen molar-refractivity contribution < 1.29 is 9.53 Å². The molecule has 0 spiro atoms. The molecule has 0 bridgehead atoms. The number of nitrogens with zero attached hydrogens (tertiary/aromatic N) is 2. The van der Waals surface area contributed by atoms with Crippen molar-refractivity contribution in [2.45, 2.75) is 25.3 Å². The number of amides is 1. The van der Waals surface area contributed by atoms with Gasteiger partial charge >= 0.3 is 0 Å². The van der Waals surface area contributed by atoms with Crippen molar-refractivity contribution in [2.24, 2.45) is 0 Å². The average molecular weight is 376 g/mol. The smallest absolute Gasteiger partial charge is 0.239 e. The van der Waals surface area contributed by atoms with Crippen LogP contribution in [0.2, 0.25) is 0 Å². The molecule has 0 aliphatic carbocycles. The number of anilines is 1. The summed E-state index contributed by atoms with van der Waals surface area (Å²) in [6, 6.07) is 8.11. The topological polar surface area (TPSA) is 44.8 Å². The lowest BCUT2D eigenvalue weighted by Crippen LogP contribution is -2.55. The van der Waals surface area contributed by atoms with Crippen LogP contribution in [0.5, 0.6) is 5.75 Å². The van der Waals surface area contributed by atoms with E-state index in [0.717, 1.165) is 57.0 Å². The van der Waals surface area contributed by atoms with E-state index < -0.39 is 0 Å². The van der Waals surface area contributed by atoms with Gasteiger partial charge in [-0.3, -0.25) is 4.79 Å². The van der Waals surface area contributed by atoms with Gasteiger partial charge in [-0.2, -0.15) is 0 Å². The molecule has 1 unspecified atom stereocenters. The Kier molecular flexibility index (Phi) is 8.67. The summed E-state index contributed by atoms with van der Waals surface area (Å²) in [5.74, 6) is 1.18. The molecule has 7 heteroatoms. The van der Waals surface area contributed by atoms with Crippen LogP contribution in [-0.4, -0.2) is 56.7 Å². The Morgan fingerprint density at radius 1 is 1.12 bits per heavy atom. The maximum atomic E-state index is 12.5. The molecule has 0 radical (unpaired) electrons. The fourth-order valence-corrected chi connectivity index (χ4v) is 3.34. The lowest BCUT2D eigenvalue weighted by Gasteiger charge is -2.38. The molecule has 136 valence electrons. The standard InChI is InChI=1S/C17H25N3O2.2ClH/c1-22-16-8-3-2-7-15(16)19-10-12-20(13-11-19)17(21)14-6-4-5-9-18-14;;/h2-3,7-8,14,18H,4-6,9-13H2,1H3;2*1H. The molecule has 2 fully saturated rings. The zero-order valence-corrected chi connectivity index (χ0v) is 15.7. The van der Waals surface area contributed by atoms with E-state index in [1.165, 1.54) is 6.42 Å². The van der Waals surface area contributed by atoms with Crippen LogP contribution in [0.4, 0.5) is 5.69 Å². The zero-order chi connectivity index (χ0) is 15.4. The molecule has 5 nitrogen and oxygen atoms in total. The van der Waals surface area contributed by atoms with E-state index in [4.69, 9.17) is 4.74 Å². The molecule has 2 heterocycles. The molecule has 2 aliphatic rings. The fourth-order valence-electron chi connectivity index (χ4n) is 3.34. The summed E-state index contributed by atoms with van der Waals surface area (Å²) in [6.07, 6.45) is 3.32. The Labute approximate surface area is 156 Å². The lowest BCUT2D eigenvalue weighted by atomic mass is 10.0. The van der Waals surface area contributed by atoms with Crippen molar-refractivity contribution in [3.63, 3.8) is 0 Å². The Hall–Kier alpha value is -1.17. The van der Waals surface area contributed by atoms with Gasteiger partial charge in [0.1, 0.15) is 5.75 Å². The van der Waals surface area contributed by atoms with E-state index in [9.17, 15) is 4.79 Å². The van der Waals surface area contributed by atoms with Crippen molar-refractivity contribution in [2.75, 3.05) is 44.7 Å². The second-order valence-corrected chi connectivity index (χ2v) is 5.99. The van der Waals surface area contributed by atoms with Crippen LogP contribution in [0, 0.1) is 0 Å². The molecule has 1 aromatic rings. The van der Waals surface area contributed by atoms with Gasteiger partial charge < -0.3 is 19.9 Å². The minimum atomic E-state index is 0. The van der Waals surface area contributed by atoms with Crippen LogP contribution in [0.1, 0.15) is 19.3 Å². The molecule has 24 heavy (non-hydrogen) atoms. The van der Waals surface area contributed by atoms with Gasteiger partial charge in [0, 0.05) is 26.2 Å². The number of ether oxygens (including phenoxy) is 1. The van der Waals surface area contributed by atoms with E-state index in [1.807, 2.05) is 23.1 Å². The van der Waals surface area contributed by atoms with Crippen LogP contribution in [0.3, 0.4) is 0 Å². The van der Waals surface area contributed by atoms with Crippen molar-refractivity contribution in [1.29, 1.82) is 0 Å². The quantitative estimate of drug-likeness (QED) is 0.880. The first-order chi connectivity index (χ1) is 10.8. The monoisotopic (exact) mass is 375 g/mol. The number of carbonyl (C=O) groups is 1. The maximum Gasteiger partial charge on any atom is 0.239 e. The number of para-hydroxylation sites is 2. The van der Waals surface area contributed by atoms with E-state index in [-0.39, 0.29) is 36.8 Å². The molecule has 2 aliphatic heterocycles. The number of benzene rings is 1. The largest absolute Gasteiger partial charge is 0.495 e. The molecule has 0 aromatic heterocycles. The number of halogens is 2. The fraction of sp³-hybridized carbons (Fsp3) is 0.588. The molecule has 1 N–H and O–H groups in total. The first-order valence-electron chi connectivity index (χ1n) is 8.20. The van der Waals surface area contributed by atoms with Crippen LogP contribution in [0.25, 0.3) is 0 Å². The van der Waals surface area contributed by atoms with Gasteiger partial charge in [0.25, 0.3) is 0 Å². The summed E-state index contributed by atoms with van der Waals surface area (Å²) in [5.41, 5.74) is 1.12. The highest BCUT2D eigenvalue weighted by molar-refractivity contribution is 5.85. The number of rotatable bonds is 3. The summed E-state index contributed by atoms with van der Waals surface area (Å²) in [4.78, 5) is 16.9. The highest BCUT2D eigenvalue weighted by Gasteiger charge is 2.28. The predicted molar refractivity (Wildman–Crippen MR) is 102 cm³/mol. The number of nitrogens with one attached hydrogen (secondary N) is 1. The molecule has 1 amide bonds. The summed E-state index contributed by atoms with van der Waals surface area (Å²) < 4.78 is 5.44. The first kappa shape index (κ1) is 20.9. The number of methoxy groups -OCH3 is 1. The lowest BCUT2D eigenvalue weighted by molar-refractivity contribution is -0.134. The number of piperidine rings is 1. The third kappa shape index (κ3) is 4.68. The average Bonchev–Trinajstić information content (AvgIpc) is 2.62. The van der Waals surface area contributed by atoms with E-state index in [2.05, 4.69) is 16.3 Å². The first-order valence-corrected chi connectivity index (χ1v) is 8.20. The second-order valence-electron chi connectivity index (χ2n) is 5.99. The number of piperazine rings is 1. The molecule has 0 saturated carbocycles. The van der Waals surface area contributed by atoms with Crippen LogP contribution >= 0.6 is 24.8 Å². The van der Waals surface area contributed by atoms with Crippen LogP contribution < -0.4 is 15.0 Å². The molecule has 1 aromatic carbocycles. The Morgan fingerprint density at radius 2 is 1.83 bits per heavy atom. The minimum Gasteiger partial charge on any atom is -0.495 e. The summed E-state index contributed by atoms with van der Waals surface area (Å²) >= 11 is 0. The molecule has 3 rings (SSSR count). The third-order valence-electron chi connectivity index (χ3n) is 4.63. The van der Waals surface area contributed by atoms with Gasteiger partial charge in [0.2, 0.25) is 5.91 Å². The van der Waals surface area contributed by atoms with Crippen LogP contribution in [0.15, 0.2) is 24.3 Å². The number of carbonyl (C=O) groups excluding carboxylic acids is 1. The maximum absolute atomic E-state index is 12.5. The summed E-state index contributed by atoms with van der Waals surface area (Å²) in [7, 11) is 1.70. The van der Waals surface area contributed by atoms with Gasteiger partial charge in [-0.05, 0) is 31.5 Å². The Morgan fingerprint density at radius 3 is 2.46 bits per heavy atom. The highest BCUT2D eigenvalue weighted by atomic mass is 35.5. The van der Waals surface area contributed by atoms with Crippen LogP contribution in [-0.2, 0) is 4.79 Å². The van der Waals surface area contributed by atoms with Crippen molar-refractivity contribution in [3.05, 3.63) is 24.3 Å². The number of hydrogen-bond donors (Lipinski definition) is 1.